The zero-order valence-corrected chi connectivity index (χ0v) is 9.67. The summed E-state index contributed by atoms with van der Waals surface area (Å²) in [6.45, 7) is 4.49. The molecule has 1 aromatic carbocycles. The number of rotatable bonds is 2. The second-order valence-corrected chi connectivity index (χ2v) is 4.29. The number of aryl methyl sites for hydroxylation is 1. The van der Waals surface area contributed by atoms with E-state index in [4.69, 9.17) is 0 Å². The van der Waals surface area contributed by atoms with Gasteiger partial charge in [0.1, 0.15) is 6.67 Å². The van der Waals surface area contributed by atoms with Crippen LogP contribution in [0.3, 0.4) is 0 Å². The first-order valence-electron chi connectivity index (χ1n) is 5.59. The first-order valence-corrected chi connectivity index (χ1v) is 5.59. The summed E-state index contributed by atoms with van der Waals surface area (Å²) in [5.74, 6) is 0.741. The lowest BCUT2D eigenvalue weighted by atomic mass is 10.1. The molecule has 6 heteroatoms. The van der Waals surface area contributed by atoms with Crippen LogP contribution >= 0.6 is 0 Å². The molecule has 0 saturated heterocycles. The van der Waals surface area contributed by atoms with Gasteiger partial charge < -0.3 is 5.32 Å². The van der Waals surface area contributed by atoms with Crippen LogP contribution < -0.4 is 5.32 Å². The van der Waals surface area contributed by atoms with E-state index in [9.17, 15) is 0 Å². The number of hydrogen-bond acceptors (Lipinski definition) is 5. The Hall–Kier alpha value is -1.95. The van der Waals surface area contributed by atoms with Gasteiger partial charge in [-0.3, -0.25) is 4.90 Å². The highest BCUT2D eigenvalue weighted by atomic mass is 15.6. The maximum Gasteiger partial charge on any atom is 0.245 e. The molecule has 0 atom stereocenters. The molecule has 2 aromatic rings. The Morgan fingerprint density at radius 1 is 1.29 bits per heavy atom. The molecule has 88 valence electrons. The molecule has 0 fully saturated rings. The minimum absolute atomic E-state index is 0.725. The Kier molecular flexibility index (Phi) is 2.49. The first-order chi connectivity index (χ1) is 8.31. The quantitative estimate of drug-likeness (QED) is 0.828. The van der Waals surface area contributed by atoms with E-state index in [0.29, 0.717) is 0 Å². The van der Waals surface area contributed by atoms with Gasteiger partial charge in [0, 0.05) is 6.54 Å². The number of tetrazole rings is 1. The number of hydrogen-bond donors (Lipinski definition) is 1. The van der Waals surface area contributed by atoms with E-state index in [0.717, 1.165) is 25.8 Å². The van der Waals surface area contributed by atoms with Gasteiger partial charge in [0.15, 0.2) is 0 Å². The second-order valence-electron chi connectivity index (χ2n) is 4.29. The molecular formula is C11H14N6. The van der Waals surface area contributed by atoms with Crippen molar-refractivity contribution in [2.75, 3.05) is 12.0 Å². The van der Waals surface area contributed by atoms with Crippen LogP contribution in [0, 0.1) is 6.92 Å². The molecule has 1 aliphatic rings. The fourth-order valence-corrected chi connectivity index (χ4v) is 1.91. The molecule has 0 bridgehead atoms. The molecule has 1 aromatic heterocycles. The van der Waals surface area contributed by atoms with Gasteiger partial charge in [0.2, 0.25) is 5.95 Å². The Labute approximate surface area is 99.2 Å². The van der Waals surface area contributed by atoms with Gasteiger partial charge in [-0.25, -0.2) is 0 Å². The molecule has 0 amide bonds. The SMILES string of the molecule is Cc1ccc(CN2CNc3nnnn3C2)cc1. The Balaban J connectivity index is 1.69. The molecule has 0 radical (unpaired) electrons. The van der Waals surface area contributed by atoms with Crippen LogP contribution in [0.4, 0.5) is 5.95 Å². The predicted octanol–water partition coefficient (Wildman–Crippen LogP) is 0.824. The third-order valence-electron chi connectivity index (χ3n) is 2.85. The fourth-order valence-electron chi connectivity index (χ4n) is 1.91. The van der Waals surface area contributed by atoms with Gasteiger partial charge >= 0.3 is 0 Å². The zero-order valence-electron chi connectivity index (χ0n) is 9.67. The predicted molar refractivity (Wildman–Crippen MR) is 63.0 cm³/mol. The number of benzene rings is 1. The Morgan fingerprint density at radius 2 is 2.12 bits per heavy atom. The van der Waals surface area contributed by atoms with Crippen molar-refractivity contribution in [1.82, 2.24) is 25.1 Å². The minimum atomic E-state index is 0.725. The summed E-state index contributed by atoms with van der Waals surface area (Å²) in [7, 11) is 0. The summed E-state index contributed by atoms with van der Waals surface area (Å²) in [6, 6.07) is 8.58. The summed E-state index contributed by atoms with van der Waals surface area (Å²) in [4.78, 5) is 2.24. The van der Waals surface area contributed by atoms with Crippen molar-refractivity contribution in [2.24, 2.45) is 0 Å². The van der Waals surface area contributed by atoms with Gasteiger partial charge in [0.05, 0.1) is 6.67 Å². The van der Waals surface area contributed by atoms with Crippen LogP contribution in [0.1, 0.15) is 11.1 Å². The van der Waals surface area contributed by atoms with Crippen LogP contribution in [0.15, 0.2) is 24.3 Å². The summed E-state index contributed by atoms with van der Waals surface area (Å²) in [6.07, 6.45) is 0. The molecule has 0 spiro atoms. The van der Waals surface area contributed by atoms with Crippen LogP contribution in [-0.4, -0.2) is 31.8 Å². The highest BCUT2D eigenvalue weighted by molar-refractivity contribution is 5.24. The molecule has 6 nitrogen and oxygen atoms in total. The molecule has 2 heterocycles. The van der Waals surface area contributed by atoms with E-state index in [1.807, 2.05) is 0 Å². The van der Waals surface area contributed by atoms with Gasteiger partial charge in [-0.15, -0.1) is 0 Å². The van der Waals surface area contributed by atoms with Gasteiger partial charge in [0.25, 0.3) is 0 Å². The first kappa shape index (κ1) is 10.2. The topological polar surface area (TPSA) is 58.9 Å². The molecule has 1 aliphatic heterocycles. The number of nitrogens with zero attached hydrogens (tertiary/aromatic N) is 5. The third kappa shape index (κ3) is 2.12. The molecule has 1 N–H and O–H groups in total. The molecule has 0 aliphatic carbocycles. The van der Waals surface area contributed by atoms with Crippen molar-refractivity contribution >= 4 is 5.95 Å². The Morgan fingerprint density at radius 3 is 2.94 bits per heavy atom. The van der Waals surface area contributed by atoms with E-state index in [1.165, 1.54) is 11.1 Å². The number of fused-ring (bicyclic) bond motifs is 1. The zero-order chi connectivity index (χ0) is 11.7. The average molecular weight is 230 g/mol. The van der Waals surface area contributed by atoms with E-state index >= 15 is 0 Å². The van der Waals surface area contributed by atoms with Crippen molar-refractivity contribution in [3.63, 3.8) is 0 Å². The van der Waals surface area contributed by atoms with E-state index in [1.54, 1.807) is 4.68 Å². The van der Waals surface area contributed by atoms with Crippen molar-refractivity contribution in [2.45, 2.75) is 20.1 Å². The molecule has 17 heavy (non-hydrogen) atoms. The highest BCUT2D eigenvalue weighted by Gasteiger charge is 2.17. The lowest BCUT2D eigenvalue weighted by Crippen LogP contribution is -2.37. The molecule has 3 rings (SSSR count). The minimum Gasteiger partial charge on any atom is -0.340 e. The van der Waals surface area contributed by atoms with Crippen LogP contribution in [0.5, 0.6) is 0 Å². The van der Waals surface area contributed by atoms with Crippen LogP contribution in [0.2, 0.25) is 0 Å². The maximum absolute atomic E-state index is 3.91. The lowest BCUT2D eigenvalue weighted by Gasteiger charge is -2.27. The third-order valence-corrected chi connectivity index (χ3v) is 2.85. The number of anilines is 1. The Bertz CT molecular complexity index is 503. The summed E-state index contributed by atoms with van der Waals surface area (Å²) in [5, 5.41) is 14.6. The average Bonchev–Trinajstić information content (AvgIpc) is 2.79. The highest BCUT2D eigenvalue weighted by Crippen LogP contribution is 2.12. The summed E-state index contributed by atoms with van der Waals surface area (Å²) in [5.41, 5.74) is 2.59. The normalized spacial score (nSPS) is 15.4. The van der Waals surface area contributed by atoms with Crippen molar-refractivity contribution < 1.29 is 0 Å². The summed E-state index contributed by atoms with van der Waals surface area (Å²) >= 11 is 0. The molecular weight excluding hydrogens is 216 g/mol. The number of aromatic nitrogens is 4. The van der Waals surface area contributed by atoms with E-state index in [2.05, 4.69) is 56.9 Å². The number of nitrogens with one attached hydrogen (secondary N) is 1. The molecule has 0 unspecified atom stereocenters. The van der Waals surface area contributed by atoms with Gasteiger partial charge in [-0.2, -0.15) is 4.68 Å². The lowest BCUT2D eigenvalue weighted by molar-refractivity contribution is 0.196. The van der Waals surface area contributed by atoms with Gasteiger partial charge in [-0.05, 0) is 22.9 Å². The largest absolute Gasteiger partial charge is 0.340 e. The van der Waals surface area contributed by atoms with Crippen molar-refractivity contribution in [1.29, 1.82) is 0 Å². The van der Waals surface area contributed by atoms with Crippen molar-refractivity contribution in [3.8, 4) is 0 Å². The van der Waals surface area contributed by atoms with Gasteiger partial charge in [-0.1, -0.05) is 34.9 Å². The smallest absolute Gasteiger partial charge is 0.245 e. The van der Waals surface area contributed by atoms with E-state index in [-0.39, 0.29) is 0 Å². The van der Waals surface area contributed by atoms with Crippen molar-refractivity contribution in [3.05, 3.63) is 35.4 Å². The van der Waals surface area contributed by atoms with E-state index < -0.39 is 0 Å². The molecule has 0 saturated carbocycles. The van der Waals surface area contributed by atoms with Crippen LogP contribution in [0.25, 0.3) is 0 Å². The monoisotopic (exact) mass is 230 g/mol. The maximum atomic E-state index is 3.91. The van der Waals surface area contributed by atoms with Crippen LogP contribution in [-0.2, 0) is 13.2 Å². The fraction of sp³-hybridized carbons (Fsp3) is 0.364. The summed E-state index contributed by atoms with van der Waals surface area (Å²) < 4.78 is 1.76. The second kappa shape index (κ2) is 4.14. The standard InChI is InChI=1S/C11H14N6/c1-9-2-4-10(5-3-9)6-16-7-12-11-13-14-15-17(11)8-16/h2-5H,6-8H2,1H3,(H,12,13,15).